The van der Waals surface area contributed by atoms with Gasteiger partial charge in [-0.05, 0) is 55.4 Å². The molecule has 0 saturated heterocycles. The number of carbonyl (C=O) groups excluding carboxylic acids is 2. The average molecular weight is 413 g/mol. The molecule has 0 spiro atoms. The smallest absolute Gasteiger partial charge is 0.411 e. The Morgan fingerprint density at radius 1 is 1.30 bits per heavy atom. The number of benzene rings is 1. The summed E-state index contributed by atoms with van der Waals surface area (Å²) in [6, 6.07) is 5.79. The molecule has 1 fully saturated rings. The van der Waals surface area contributed by atoms with Crippen LogP contribution in [0.2, 0.25) is 0 Å². The van der Waals surface area contributed by atoms with Crippen molar-refractivity contribution >= 4 is 40.9 Å². The van der Waals surface area contributed by atoms with Crippen LogP contribution in [0.15, 0.2) is 28.8 Å². The first-order valence-corrected chi connectivity index (χ1v) is 9.63. The molecule has 1 aliphatic carbocycles. The van der Waals surface area contributed by atoms with E-state index in [-0.39, 0.29) is 34.2 Å². The Kier molecular flexibility index (Phi) is 6.82. The van der Waals surface area contributed by atoms with E-state index in [1.54, 1.807) is 13.0 Å². The second kappa shape index (κ2) is 8.53. The highest BCUT2D eigenvalue weighted by molar-refractivity contribution is 6.55. The van der Waals surface area contributed by atoms with Gasteiger partial charge in [0.15, 0.2) is 0 Å². The number of hydrogen-bond acceptors (Lipinski definition) is 3. The molecule has 148 valence electrons. The fraction of sp³-hybridized carbons (Fsp3) is 0.500. The van der Waals surface area contributed by atoms with Gasteiger partial charge in [0.25, 0.3) is 0 Å². The number of nitrogens with one attached hydrogen (secondary N) is 2. The van der Waals surface area contributed by atoms with E-state index in [1.807, 2.05) is 45.9 Å². The van der Waals surface area contributed by atoms with Gasteiger partial charge in [0, 0.05) is 5.69 Å². The van der Waals surface area contributed by atoms with E-state index in [9.17, 15) is 9.59 Å². The van der Waals surface area contributed by atoms with Crippen molar-refractivity contribution in [2.24, 2.45) is 17.3 Å². The van der Waals surface area contributed by atoms with E-state index < -0.39 is 12.2 Å². The summed E-state index contributed by atoms with van der Waals surface area (Å²) in [4.78, 5) is 24.5. The molecule has 1 aromatic rings. The number of allylic oxidation sites excluding steroid dienone is 1. The first-order chi connectivity index (χ1) is 12.5. The molecule has 0 bridgehead atoms. The summed E-state index contributed by atoms with van der Waals surface area (Å²) in [6.45, 7) is 9.81. The van der Waals surface area contributed by atoms with Crippen molar-refractivity contribution in [2.75, 3.05) is 11.9 Å². The molecule has 0 aromatic heterocycles. The maximum absolute atomic E-state index is 12.4. The molecule has 27 heavy (non-hydrogen) atoms. The van der Waals surface area contributed by atoms with Crippen molar-refractivity contribution < 1.29 is 14.3 Å². The van der Waals surface area contributed by atoms with E-state index in [1.165, 1.54) is 0 Å². The molecular weight excluding hydrogens is 387 g/mol. The predicted molar refractivity (Wildman–Crippen MR) is 109 cm³/mol. The van der Waals surface area contributed by atoms with E-state index in [4.69, 9.17) is 27.9 Å². The van der Waals surface area contributed by atoms with Crippen LogP contribution in [0.4, 0.5) is 10.5 Å². The first-order valence-electron chi connectivity index (χ1n) is 8.87. The number of amides is 2. The summed E-state index contributed by atoms with van der Waals surface area (Å²) in [7, 11) is 0. The van der Waals surface area contributed by atoms with Crippen molar-refractivity contribution in [2.45, 2.75) is 40.7 Å². The van der Waals surface area contributed by atoms with Gasteiger partial charge >= 0.3 is 6.09 Å². The Morgan fingerprint density at radius 2 is 1.96 bits per heavy atom. The van der Waals surface area contributed by atoms with E-state index >= 15 is 0 Å². The predicted octanol–water partition coefficient (Wildman–Crippen LogP) is 4.95. The van der Waals surface area contributed by atoms with Gasteiger partial charge < -0.3 is 10.1 Å². The van der Waals surface area contributed by atoms with Crippen LogP contribution in [-0.4, -0.2) is 24.6 Å². The topological polar surface area (TPSA) is 67.4 Å². The van der Waals surface area contributed by atoms with Gasteiger partial charge in [-0.2, -0.15) is 0 Å². The zero-order valence-corrected chi connectivity index (χ0v) is 17.7. The van der Waals surface area contributed by atoms with Crippen molar-refractivity contribution in [3.63, 3.8) is 0 Å². The first kappa shape index (κ1) is 21.6. The highest BCUT2D eigenvalue weighted by atomic mass is 35.5. The Hall–Kier alpha value is -1.72. The summed E-state index contributed by atoms with van der Waals surface area (Å²) in [5.41, 5.74) is 2.52. The third-order valence-corrected chi connectivity index (χ3v) is 5.25. The zero-order chi connectivity index (χ0) is 20.4. The number of carbonyl (C=O) groups is 2. The number of aryl methyl sites for hydroxylation is 2. The van der Waals surface area contributed by atoms with Crippen LogP contribution in [0.3, 0.4) is 0 Å². The number of anilines is 1. The third-order valence-electron chi connectivity index (χ3n) is 5.00. The maximum atomic E-state index is 12.4. The lowest BCUT2D eigenvalue weighted by Crippen LogP contribution is -2.35. The molecule has 2 amide bonds. The fourth-order valence-electron chi connectivity index (χ4n) is 3.21. The van der Waals surface area contributed by atoms with Crippen molar-refractivity contribution in [1.29, 1.82) is 0 Å². The molecule has 1 saturated carbocycles. The minimum absolute atomic E-state index is 0.00585. The Morgan fingerprint density at radius 3 is 2.59 bits per heavy atom. The maximum Gasteiger partial charge on any atom is 0.411 e. The summed E-state index contributed by atoms with van der Waals surface area (Å²) in [5, 5.41) is 5.57. The second-order valence-corrected chi connectivity index (χ2v) is 8.69. The Labute approximate surface area is 170 Å². The molecule has 2 N–H and O–H groups in total. The molecule has 1 aromatic carbocycles. The van der Waals surface area contributed by atoms with Crippen LogP contribution in [0, 0.1) is 31.1 Å². The molecule has 5 nitrogen and oxygen atoms in total. The number of halogens is 2. The number of ether oxygens (including phenoxy) is 1. The van der Waals surface area contributed by atoms with Crippen LogP contribution in [0.25, 0.3) is 0 Å². The van der Waals surface area contributed by atoms with Crippen molar-refractivity contribution in [3.05, 3.63) is 39.9 Å². The third kappa shape index (κ3) is 5.63. The normalized spacial score (nSPS) is 21.0. The average Bonchev–Trinajstić information content (AvgIpc) is 3.08. The van der Waals surface area contributed by atoms with Crippen LogP contribution >= 0.6 is 23.2 Å². The van der Waals surface area contributed by atoms with Crippen LogP contribution in [0.5, 0.6) is 0 Å². The van der Waals surface area contributed by atoms with Gasteiger partial charge in [0.2, 0.25) is 5.91 Å². The monoisotopic (exact) mass is 412 g/mol. The van der Waals surface area contributed by atoms with Gasteiger partial charge in [0.1, 0.15) is 10.6 Å². The van der Waals surface area contributed by atoms with Crippen molar-refractivity contribution in [3.8, 4) is 0 Å². The highest BCUT2D eigenvalue weighted by Gasteiger charge is 2.60. The van der Waals surface area contributed by atoms with Gasteiger partial charge in [-0.3, -0.25) is 10.1 Å². The molecule has 0 aliphatic heterocycles. The fourth-order valence-corrected chi connectivity index (χ4v) is 3.49. The SMILES string of the molecule is Cc1ccc(C)c(NC(=O)O[C@H](C)CNC(=O)[C@@H]2[C@@H](C=C(Cl)Cl)C2(C)C)c1. The standard InChI is InChI=1S/C20H26Cl2N2O3/c1-11-6-7-12(2)15(8-11)24-19(26)27-13(3)10-23-18(25)17-14(9-16(21)22)20(17,4)5/h6-9,13-14,17H,10H2,1-5H3,(H,23,25)(H,24,26)/t13-,14-,17+/m1/s1. The quantitative estimate of drug-likeness (QED) is 0.694. The minimum atomic E-state index is -0.549. The summed E-state index contributed by atoms with van der Waals surface area (Å²) in [6.07, 6.45) is 0.684. The van der Waals surface area contributed by atoms with E-state index in [2.05, 4.69) is 10.6 Å². The largest absolute Gasteiger partial charge is 0.444 e. The molecule has 1 aliphatic rings. The highest BCUT2D eigenvalue weighted by Crippen LogP contribution is 2.59. The van der Waals surface area contributed by atoms with E-state index in [0.29, 0.717) is 5.69 Å². The van der Waals surface area contributed by atoms with Crippen LogP contribution < -0.4 is 10.6 Å². The summed E-state index contributed by atoms with van der Waals surface area (Å²) >= 11 is 11.4. The number of hydrogen-bond donors (Lipinski definition) is 2. The van der Waals surface area contributed by atoms with Crippen molar-refractivity contribution in [1.82, 2.24) is 5.32 Å². The molecule has 2 rings (SSSR count). The zero-order valence-electron chi connectivity index (χ0n) is 16.2. The molecule has 0 unspecified atom stereocenters. The van der Waals surface area contributed by atoms with E-state index in [0.717, 1.165) is 11.1 Å². The Bertz CT molecular complexity index is 758. The van der Waals surface area contributed by atoms with Crippen LogP contribution in [0.1, 0.15) is 31.9 Å². The Balaban J connectivity index is 1.81. The van der Waals surface area contributed by atoms with Gasteiger partial charge in [-0.1, -0.05) is 49.2 Å². The summed E-state index contributed by atoms with van der Waals surface area (Å²) < 4.78 is 5.49. The number of rotatable bonds is 6. The minimum Gasteiger partial charge on any atom is -0.444 e. The molecule has 3 atom stereocenters. The second-order valence-electron chi connectivity index (χ2n) is 7.69. The van der Waals surface area contributed by atoms with Crippen LogP contribution in [-0.2, 0) is 9.53 Å². The molecule has 7 heteroatoms. The lowest BCUT2D eigenvalue weighted by molar-refractivity contribution is -0.123. The lowest BCUT2D eigenvalue weighted by atomic mass is 10.1. The van der Waals surface area contributed by atoms with Gasteiger partial charge in [-0.25, -0.2) is 4.79 Å². The van der Waals surface area contributed by atoms with Gasteiger partial charge in [0.05, 0.1) is 12.5 Å². The molecular formula is C20H26Cl2N2O3. The lowest BCUT2D eigenvalue weighted by Gasteiger charge is -2.16. The molecule has 0 radical (unpaired) electrons. The summed E-state index contributed by atoms with van der Waals surface area (Å²) in [5.74, 6) is -0.284. The van der Waals surface area contributed by atoms with Gasteiger partial charge in [-0.15, -0.1) is 0 Å². The molecule has 0 heterocycles.